The van der Waals surface area contributed by atoms with Gasteiger partial charge in [-0.3, -0.25) is 0 Å². The Morgan fingerprint density at radius 1 is 1.00 bits per heavy atom. The molecule has 0 aliphatic heterocycles. The van der Waals surface area contributed by atoms with Crippen molar-refractivity contribution >= 4 is 11.0 Å². The minimum absolute atomic E-state index is 0.277. The van der Waals surface area contributed by atoms with Crippen LogP contribution in [0.15, 0.2) is 63.8 Å². The minimum Gasteiger partial charge on any atom is -0.489 e. The molecule has 1 aromatic heterocycles. The van der Waals surface area contributed by atoms with Crippen LogP contribution in [-0.4, -0.2) is 0 Å². The van der Waals surface area contributed by atoms with E-state index < -0.39 is 5.63 Å². The molecule has 0 N–H and O–H groups in total. The molecule has 0 radical (unpaired) electrons. The third kappa shape index (κ3) is 2.69. The molecule has 0 saturated heterocycles. The topological polar surface area (TPSA) is 39.4 Å². The van der Waals surface area contributed by atoms with Gasteiger partial charge in [-0.25, -0.2) is 9.18 Å². The average Bonchev–Trinajstić information content (AvgIpc) is 2.46. The number of benzene rings is 2. The summed E-state index contributed by atoms with van der Waals surface area (Å²) in [6, 6.07) is 14.5. The Kier molecular flexibility index (Phi) is 3.21. The highest BCUT2D eigenvalue weighted by Gasteiger charge is 2.01. The standard InChI is InChI=1S/C16H11FO3/c17-13-5-1-11(2-6-13)10-19-14-7-3-12-4-8-16(18)20-15(12)9-14/h1-9H,10H2. The molecular formula is C16H11FO3. The van der Waals surface area contributed by atoms with E-state index in [0.717, 1.165) is 10.9 Å². The summed E-state index contributed by atoms with van der Waals surface area (Å²) in [6.07, 6.45) is 0. The molecule has 4 heteroatoms. The van der Waals surface area contributed by atoms with Gasteiger partial charge in [-0.1, -0.05) is 12.1 Å². The lowest BCUT2D eigenvalue weighted by Crippen LogP contribution is -1.97. The predicted molar refractivity (Wildman–Crippen MR) is 73.2 cm³/mol. The van der Waals surface area contributed by atoms with Crippen molar-refractivity contribution in [3.8, 4) is 5.75 Å². The lowest BCUT2D eigenvalue weighted by Gasteiger charge is -2.06. The van der Waals surface area contributed by atoms with Crippen LogP contribution in [0.1, 0.15) is 5.56 Å². The van der Waals surface area contributed by atoms with Gasteiger partial charge in [0.1, 0.15) is 23.8 Å². The molecule has 0 atom stereocenters. The van der Waals surface area contributed by atoms with Gasteiger partial charge in [0.2, 0.25) is 0 Å². The molecule has 3 nitrogen and oxygen atoms in total. The fourth-order valence-corrected chi connectivity index (χ4v) is 1.88. The third-order valence-corrected chi connectivity index (χ3v) is 2.91. The second-order valence-electron chi connectivity index (χ2n) is 4.37. The van der Waals surface area contributed by atoms with Crippen molar-refractivity contribution in [1.82, 2.24) is 0 Å². The number of hydrogen-bond acceptors (Lipinski definition) is 3. The van der Waals surface area contributed by atoms with Gasteiger partial charge in [0, 0.05) is 17.5 Å². The quantitative estimate of drug-likeness (QED) is 0.684. The molecule has 0 spiro atoms. The predicted octanol–water partition coefficient (Wildman–Crippen LogP) is 3.51. The zero-order chi connectivity index (χ0) is 13.9. The molecular weight excluding hydrogens is 259 g/mol. The highest BCUT2D eigenvalue weighted by atomic mass is 19.1. The van der Waals surface area contributed by atoms with E-state index in [-0.39, 0.29) is 5.82 Å². The van der Waals surface area contributed by atoms with E-state index in [2.05, 4.69) is 0 Å². The van der Waals surface area contributed by atoms with Crippen LogP contribution >= 0.6 is 0 Å². The maximum absolute atomic E-state index is 12.8. The number of hydrogen-bond donors (Lipinski definition) is 0. The smallest absolute Gasteiger partial charge is 0.336 e. The van der Waals surface area contributed by atoms with Gasteiger partial charge in [-0.05, 0) is 35.9 Å². The maximum Gasteiger partial charge on any atom is 0.336 e. The van der Waals surface area contributed by atoms with E-state index in [1.165, 1.54) is 18.2 Å². The van der Waals surface area contributed by atoms with Crippen LogP contribution in [0.5, 0.6) is 5.75 Å². The van der Waals surface area contributed by atoms with Crippen molar-refractivity contribution in [1.29, 1.82) is 0 Å². The van der Waals surface area contributed by atoms with Crippen LogP contribution in [0.2, 0.25) is 0 Å². The summed E-state index contributed by atoms with van der Waals surface area (Å²) in [5.41, 5.74) is 0.948. The second-order valence-corrected chi connectivity index (χ2v) is 4.37. The zero-order valence-corrected chi connectivity index (χ0v) is 10.5. The van der Waals surface area contributed by atoms with Crippen molar-refractivity contribution in [2.75, 3.05) is 0 Å². The van der Waals surface area contributed by atoms with Crippen molar-refractivity contribution in [2.45, 2.75) is 6.61 Å². The van der Waals surface area contributed by atoms with Crippen LogP contribution in [0, 0.1) is 5.82 Å². The summed E-state index contributed by atoms with van der Waals surface area (Å²) in [7, 11) is 0. The summed E-state index contributed by atoms with van der Waals surface area (Å²) in [4.78, 5) is 11.2. The number of halogens is 1. The van der Waals surface area contributed by atoms with Crippen LogP contribution in [0.25, 0.3) is 11.0 Å². The lowest BCUT2D eigenvalue weighted by atomic mass is 10.2. The Bertz CT molecular complexity index is 791. The van der Waals surface area contributed by atoms with E-state index in [4.69, 9.17) is 9.15 Å². The van der Waals surface area contributed by atoms with Gasteiger partial charge in [-0.2, -0.15) is 0 Å². The summed E-state index contributed by atoms with van der Waals surface area (Å²) < 4.78 is 23.5. The maximum atomic E-state index is 12.8. The van der Waals surface area contributed by atoms with E-state index in [0.29, 0.717) is 17.9 Å². The van der Waals surface area contributed by atoms with E-state index in [1.807, 2.05) is 6.07 Å². The first kappa shape index (κ1) is 12.4. The van der Waals surface area contributed by atoms with Crippen LogP contribution in [-0.2, 0) is 6.61 Å². The van der Waals surface area contributed by atoms with Crippen molar-refractivity contribution in [2.24, 2.45) is 0 Å². The van der Waals surface area contributed by atoms with Gasteiger partial charge >= 0.3 is 5.63 Å². The van der Waals surface area contributed by atoms with Gasteiger partial charge in [-0.15, -0.1) is 0 Å². The first-order valence-corrected chi connectivity index (χ1v) is 6.12. The fraction of sp³-hybridized carbons (Fsp3) is 0.0625. The Balaban J connectivity index is 1.80. The Morgan fingerprint density at radius 3 is 2.55 bits per heavy atom. The zero-order valence-electron chi connectivity index (χ0n) is 10.5. The molecule has 100 valence electrons. The number of rotatable bonds is 3. The van der Waals surface area contributed by atoms with Gasteiger partial charge < -0.3 is 9.15 Å². The first-order chi connectivity index (χ1) is 9.70. The molecule has 3 rings (SSSR count). The second kappa shape index (κ2) is 5.17. The fourth-order valence-electron chi connectivity index (χ4n) is 1.88. The van der Waals surface area contributed by atoms with Gasteiger partial charge in [0.25, 0.3) is 0 Å². The molecule has 0 saturated carbocycles. The van der Waals surface area contributed by atoms with E-state index >= 15 is 0 Å². The van der Waals surface area contributed by atoms with E-state index in [9.17, 15) is 9.18 Å². The molecule has 0 bridgehead atoms. The molecule has 0 amide bonds. The van der Waals surface area contributed by atoms with Gasteiger partial charge in [0.15, 0.2) is 0 Å². The first-order valence-electron chi connectivity index (χ1n) is 6.12. The van der Waals surface area contributed by atoms with Crippen molar-refractivity contribution in [3.05, 3.63) is 76.4 Å². The molecule has 2 aromatic carbocycles. The highest BCUT2D eigenvalue weighted by Crippen LogP contribution is 2.20. The van der Waals surface area contributed by atoms with Crippen molar-refractivity contribution < 1.29 is 13.5 Å². The number of ether oxygens (including phenoxy) is 1. The van der Waals surface area contributed by atoms with Gasteiger partial charge in [0.05, 0.1) is 0 Å². The monoisotopic (exact) mass is 270 g/mol. The molecule has 0 aliphatic rings. The summed E-state index contributed by atoms with van der Waals surface area (Å²) in [5, 5.41) is 0.832. The molecule has 0 fully saturated rings. The minimum atomic E-state index is -0.395. The number of fused-ring (bicyclic) bond motifs is 1. The van der Waals surface area contributed by atoms with Crippen molar-refractivity contribution in [3.63, 3.8) is 0 Å². The average molecular weight is 270 g/mol. The molecule has 3 aromatic rings. The normalized spacial score (nSPS) is 10.7. The van der Waals surface area contributed by atoms with Crippen LogP contribution < -0.4 is 10.4 Å². The largest absolute Gasteiger partial charge is 0.489 e. The molecule has 20 heavy (non-hydrogen) atoms. The summed E-state index contributed by atoms with van der Waals surface area (Å²) in [5.74, 6) is 0.317. The molecule has 0 aliphatic carbocycles. The third-order valence-electron chi connectivity index (χ3n) is 2.91. The van der Waals surface area contributed by atoms with Crippen LogP contribution in [0.4, 0.5) is 4.39 Å². The Labute approximate surface area is 114 Å². The Hall–Kier alpha value is -2.62. The lowest BCUT2D eigenvalue weighted by molar-refractivity contribution is 0.306. The molecule has 0 unspecified atom stereocenters. The Morgan fingerprint density at radius 2 is 1.75 bits per heavy atom. The van der Waals surface area contributed by atoms with Crippen LogP contribution in [0.3, 0.4) is 0 Å². The summed E-state index contributed by atoms with van der Waals surface area (Å²) in [6.45, 7) is 0.322. The summed E-state index contributed by atoms with van der Waals surface area (Å²) >= 11 is 0. The van der Waals surface area contributed by atoms with E-state index in [1.54, 1.807) is 30.3 Å². The highest BCUT2D eigenvalue weighted by molar-refractivity contribution is 5.77. The molecule has 1 heterocycles. The SMILES string of the molecule is O=c1ccc2ccc(OCc3ccc(F)cc3)cc2o1.